The summed E-state index contributed by atoms with van der Waals surface area (Å²) in [5.41, 5.74) is 12.3. The molecule has 168 valence electrons. The molecule has 0 radical (unpaired) electrons. The van der Waals surface area contributed by atoms with Crippen LogP contribution < -0.4 is 10.6 Å². The Labute approximate surface area is 197 Å². The molecule has 1 spiro atoms. The maximum absolute atomic E-state index is 6.75. The number of hydrogen-bond donors (Lipinski definition) is 1. The maximum Gasteiger partial charge on any atom is 0.155 e. The van der Waals surface area contributed by atoms with Crippen molar-refractivity contribution in [2.45, 2.75) is 32.2 Å². The highest BCUT2D eigenvalue weighted by Gasteiger charge is 2.46. The van der Waals surface area contributed by atoms with Crippen molar-refractivity contribution in [2.75, 3.05) is 25.0 Å². The highest BCUT2D eigenvalue weighted by molar-refractivity contribution is 7.17. The Morgan fingerprint density at radius 3 is 2.82 bits per heavy atom. The summed E-state index contributed by atoms with van der Waals surface area (Å²) >= 11 is 1.71. The first-order chi connectivity index (χ1) is 16.1. The van der Waals surface area contributed by atoms with Gasteiger partial charge in [-0.3, -0.25) is 9.98 Å². The molecule has 1 atom stereocenters. The van der Waals surface area contributed by atoms with Crippen LogP contribution in [-0.2, 0) is 6.42 Å². The highest BCUT2D eigenvalue weighted by atomic mass is 32.1. The van der Waals surface area contributed by atoms with Gasteiger partial charge in [-0.05, 0) is 61.4 Å². The van der Waals surface area contributed by atoms with E-state index < -0.39 is 0 Å². The molecule has 5 heterocycles. The first-order valence-corrected chi connectivity index (χ1v) is 12.2. The summed E-state index contributed by atoms with van der Waals surface area (Å²) in [5.74, 6) is 1.01. The second-order valence-electron chi connectivity index (χ2n) is 9.13. The largest absolute Gasteiger partial charge is 0.355 e. The number of hydrogen-bond acceptors (Lipinski definition) is 7. The van der Waals surface area contributed by atoms with Crippen molar-refractivity contribution in [1.29, 1.82) is 0 Å². The number of pyridine rings is 1. The summed E-state index contributed by atoms with van der Waals surface area (Å²) in [6.45, 7) is 3.95. The number of anilines is 1. The molecular formula is C25H27N7S. The molecule has 2 aliphatic rings. The number of aliphatic imine (C=N–C) groups is 1. The lowest BCUT2D eigenvalue weighted by atomic mass is 9.73. The molecule has 8 heteroatoms. The predicted octanol–water partition coefficient (Wildman–Crippen LogP) is 4.05. The molecule has 1 aliphatic carbocycles. The van der Waals surface area contributed by atoms with Gasteiger partial charge in [0.1, 0.15) is 11.2 Å². The van der Waals surface area contributed by atoms with E-state index in [2.05, 4.69) is 51.2 Å². The number of thiophene rings is 1. The van der Waals surface area contributed by atoms with Gasteiger partial charge in [-0.1, -0.05) is 6.07 Å². The molecule has 4 aromatic rings. The number of rotatable bonds is 3. The van der Waals surface area contributed by atoms with Crippen LogP contribution >= 0.6 is 11.3 Å². The van der Waals surface area contributed by atoms with Crippen LogP contribution in [0.15, 0.2) is 47.7 Å². The summed E-state index contributed by atoms with van der Waals surface area (Å²) in [6.07, 6.45) is 8.70. The van der Waals surface area contributed by atoms with E-state index in [1.54, 1.807) is 18.4 Å². The molecule has 4 aromatic heterocycles. The Morgan fingerprint density at radius 1 is 1.18 bits per heavy atom. The Hall–Kier alpha value is -3.10. The fourth-order valence-electron chi connectivity index (χ4n) is 5.57. The average Bonchev–Trinajstić information content (AvgIpc) is 3.54. The van der Waals surface area contributed by atoms with Gasteiger partial charge in [-0.15, -0.1) is 11.3 Å². The van der Waals surface area contributed by atoms with Gasteiger partial charge in [-0.2, -0.15) is 5.10 Å². The summed E-state index contributed by atoms with van der Waals surface area (Å²) < 4.78 is 2.04. The van der Waals surface area contributed by atoms with Crippen molar-refractivity contribution in [3.05, 3.63) is 64.6 Å². The van der Waals surface area contributed by atoms with Gasteiger partial charge in [0.2, 0.25) is 0 Å². The molecule has 1 fully saturated rings. The molecule has 6 rings (SSSR count). The fraction of sp³-hybridized carbons (Fsp3) is 0.360. The second kappa shape index (κ2) is 7.74. The van der Waals surface area contributed by atoms with Crippen LogP contribution in [-0.4, -0.2) is 45.9 Å². The van der Waals surface area contributed by atoms with Crippen LogP contribution in [0.4, 0.5) is 5.82 Å². The molecule has 0 amide bonds. The number of piperidine rings is 1. The van der Waals surface area contributed by atoms with Crippen molar-refractivity contribution in [2.24, 2.45) is 16.1 Å². The Morgan fingerprint density at radius 2 is 2.03 bits per heavy atom. The molecular weight excluding hydrogens is 430 g/mol. The minimum Gasteiger partial charge on any atom is -0.355 e. The van der Waals surface area contributed by atoms with Gasteiger partial charge in [0, 0.05) is 49.2 Å². The molecule has 1 aliphatic heterocycles. The first-order valence-electron chi connectivity index (χ1n) is 11.4. The topological polar surface area (TPSA) is 84.7 Å². The summed E-state index contributed by atoms with van der Waals surface area (Å²) in [5, 5.41) is 4.67. The molecule has 0 bridgehead atoms. The number of aryl methyl sites for hydroxylation is 1. The summed E-state index contributed by atoms with van der Waals surface area (Å²) in [7, 11) is 1.79. The smallest absolute Gasteiger partial charge is 0.155 e. The minimum absolute atomic E-state index is 0.0649. The average molecular weight is 458 g/mol. The van der Waals surface area contributed by atoms with Gasteiger partial charge in [0.25, 0.3) is 0 Å². The lowest BCUT2D eigenvalue weighted by molar-refractivity contribution is 0.187. The zero-order valence-electron chi connectivity index (χ0n) is 18.9. The van der Waals surface area contributed by atoms with E-state index in [0.717, 1.165) is 64.8 Å². The number of nitrogens with two attached hydrogens (primary N) is 1. The zero-order chi connectivity index (χ0) is 22.6. The van der Waals surface area contributed by atoms with Crippen molar-refractivity contribution < 1.29 is 0 Å². The summed E-state index contributed by atoms with van der Waals surface area (Å²) in [6, 6.07) is 10.5. The summed E-state index contributed by atoms with van der Waals surface area (Å²) in [4.78, 5) is 18.5. The van der Waals surface area contributed by atoms with Crippen molar-refractivity contribution in [3.63, 3.8) is 0 Å². The molecule has 1 saturated heterocycles. The first kappa shape index (κ1) is 20.5. The maximum atomic E-state index is 6.75. The van der Waals surface area contributed by atoms with E-state index in [0.29, 0.717) is 0 Å². The molecule has 0 unspecified atom stereocenters. The van der Waals surface area contributed by atoms with Crippen LogP contribution in [0.5, 0.6) is 0 Å². The van der Waals surface area contributed by atoms with Crippen LogP contribution in [0.2, 0.25) is 0 Å². The zero-order valence-corrected chi connectivity index (χ0v) is 19.7. The van der Waals surface area contributed by atoms with E-state index in [1.165, 1.54) is 11.3 Å². The lowest BCUT2D eigenvalue weighted by Gasteiger charge is -2.42. The lowest BCUT2D eigenvalue weighted by Crippen LogP contribution is -2.44. The second-order valence-corrected chi connectivity index (χ2v) is 10.2. The molecule has 2 N–H and O–H groups in total. The Balaban J connectivity index is 1.31. The third-order valence-corrected chi connectivity index (χ3v) is 8.34. The quantitative estimate of drug-likeness (QED) is 0.469. The molecule has 0 saturated carbocycles. The Bertz CT molecular complexity index is 1360. The molecule has 33 heavy (non-hydrogen) atoms. The highest BCUT2D eigenvalue weighted by Crippen LogP contribution is 2.50. The van der Waals surface area contributed by atoms with E-state index in [-0.39, 0.29) is 11.5 Å². The number of aromatic nitrogens is 4. The van der Waals surface area contributed by atoms with Gasteiger partial charge in [0.15, 0.2) is 5.82 Å². The third-order valence-electron chi connectivity index (χ3n) is 7.31. The van der Waals surface area contributed by atoms with Crippen molar-refractivity contribution in [1.82, 2.24) is 19.6 Å². The monoisotopic (exact) mass is 457 g/mol. The van der Waals surface area contributed by atoms with Gasteiger partial charge in [0.05, 0.1) is 16.8 Å². The third kappa shape index (κ3) is 3.20. The van der Waals surface area contributed by atoms with Gasteiger partial charge >= 0.3 is 0 Å². The van der Waals surface area contributed by atoms with E-state index in [9.17, 15) is 0 Å². The van der Waals surface area contributed by atoms with Crippen LogP contribution in [0.1, 0.15) is 40.7 Å². The van der Waals surface area contributed by atoms with E-state index in [4.69, 9.17) is 10.7 Å². The normalized spacial score (nSPS) is 19.7. The van der Waals surface area contributed by atoms with Crippen molar-refractivity contribution >= 4 is 28.9 Å². The van der Waals surface area contributed by atoms with Crippen LogP contribution in [0.3, 0.4) is 0 Å². The Kier molecular flexibility index (Phi) is 4.81. The van der Waals surface area contributed by atoms with E-state index in [1.807, 2.05) is 29.2 Å². The van der Waals surface area contributed by atoms with Gasteiger partial charge in [-0.25, -0.2) is 9.50 Å². The molecule has 7 nitrogen and oxygen atoms in total. The SMILES string of the molecule is CN=Cc1ccc(-c2c(C)nc(N3CCC4(CC3)Cc3ncccc3[C@H]4N)c3ccnn23)s1. The van der Waals surface area contributed by atoms with Crippen molar-refractivity contribution in [3.8, 4) is 10.6 Å². The van der Waals surface area contributed by atoms with Gasteiger partial charge < -0.3 is 10.6 Å². The number of fused-ring (bicyclic) bond motifs is 2. The van der Waals surface area contributed by atoms with E-state index >= 15 is 0 Å². The predicted molar refractivity (Wildman–Crippen MR) is 133 cm³/mol. The number of nitrogens with zero attached hydrogens (tertiary/aromatic N) is 6. The molecule has 0 aromatic carbocycles. The minimum atomic E-state index is 0.0649. The standard InChI is InChI=1S/C25H27N7S/c1-16-22(21-6-5-17(33-21)15-27-2)32-20(7-11-29-32)24(30-16)31-12-8-25(9-13-31)14-19-18(23(25)26)4-3-10-28-19/h3-7,10-11,15,23H,8-9,12-14,26H2,1-2H3/t23-/m1/s1. The van der Waals surface area contributed by atoms with Crippen LogP contribution in [0.25, 0.3) is 16.1 Å². The fourth-order valence-corrected chi connectivity index (χ4v) is 6.59. The van der Waals surface area contributed by atoms with Crippen LogP contribution in [0, 0.1) is 12.3 Å².